The van der Waals surface area contributed by atoms with Crippen LogP contribution in [0.4, 0.5) is 8.78 Å². The van der Waals surface area contributed by atoms with E-state index in [2.05, 4.69) is 9.97 Å². The maximum atomic E-state index is 13.9. The van der Waals surface area contributed by atoms with Crippen molar-refractivity contribution in [2.24, 2.45) is 5.92 Å². The van der Waals surface area contributed by atoms with Gasteiger partial charge in [-0.25, -0.2) is 13.8 Å². The molecule has 1 saturated carbocycles. The van der Waals surface area contributed by atoms with Crippen molar-refractivity contribution in [3.8, 4) is 17.3 Å². The van der Waals surface area contributed by atoms with E-state index in [-0.39, 0.29) is 40.4 Å². The third-order valence-electron chi connectivity index (χ3n) is 6.46. The third-order valence-corrected chi connectivity index (χ3v) is 6.81. The van der Waals surface area contributed by atoms with Crippen molar-refractivity contribution < 1.29 is 18.6 Å². The lowest BCUT2D eigenvalue weighted by Crippen LogP contribution is -2.26. The molecule has 1 aliphatic rings. The number of aliphatic hydroxyl groups is 1. The number of nitrogens with zero attached hydrogens (tertiary/aromatic N) is 4. The fraction of sp³-hybridized carbons (Fsp3) is 0.259. The molecule has 0 saturated heterocycles. The standard InChI is InChI=1S/C27H23ClF2N4O4/c1-14-11-32-23(33-7-3-4-18(26(33)36)25(35)16-5-6-16)10-21(14)34-15(2)8-22(24(28)27(34)37)38-13-20-19(30)9-17(29)12-31-20/h3-4,7-12,16,25,35H,5-6,13H2,1-2H3/t25-/m0/s1. The molecule has 4 aromatic heterocycles. The number of pyridine rings is 4. The Morgan fingerprint density at radius 1 is 1.13 bits per heavy atom. The molecule has 4 heterocycles. The van der Waals surface area contributed by atoms with Crippen LogP contribution in [0.1, 0.15) is 41.5 Å². The van der Waals surface area contributed by atoms with E-state index < -0.39 is 23.3 Å². The van der Waals surface area contributed by atoms with Crippen molar-refractivity contribution in [2.45, 2.75) is 39.4 Å². The van der Waals surface area contributed by atoms with Gasteiger partial charge in [0, 0.05) is 41.9 Å². The maximum Gasteiger partial charge on any atom is 0.277 e. The van der Waals surface area contributed by atoms with Crippen molar-refractivity contribution in [3.63, 3.8) is 0 Å². The second kappa shape index (κ2) is 10.1. The Morgan fingerprint density at radius 2 is 1.89 bits per heavy atom. The van der Waals surface area contributed by atoms with Crippen molar-refractivity contribution in [3.05, 3.63) is 109 Å². The summed E-state index contributed by atoms with van der Waals surface area (Å²) in [5.74, 6) is -1.33. The lowest BCUT2D eigenvalue weighted by Gasteiger charge is -2.17. The van der Waals surface area contributed by atoms with Crippen LogP contribution in [0.5, 0.6) is 5.75 Å². The number of aryl methyl sites for hydroxylation is 2. The molecule has 5 rings (SSSR count). The van der Waals surface area contributed by atoms with Crippen LogP contribution in [0, 0.1) is 31.4 Å². The molecule has 0 aromatic carbocycles. The average Bonchev–Trinajstić information content (AvgIpc) is 3.73. The normalized spacial score (nSPS) is 13.9. The highest BCUT2D eigenvalue weighted by Gasteiger charge is 2.32. The number of rotatable bonds is 7. The minimum absolute atomic E-state index is 0.0147. The van der Waals surface area contributed by atoms with Crippen LogP contribution >= 0.6 is 11.6 Å². The Balaban J connectivity index is 1.51. The summed E-state index contributed by atoms with van der Waals surface area (Å²) in [4.78, 5) is 34.5. The van der Waals surface area contributed by atoms with E-state index in [9.17, 15) is 23.5 Å². The molecule has 1 fully saturated rings. The second-order valence-electron chi connectivity index (χ2n) is 9.23. The van der Waals surface area contributed by atoms with Crippen LogP contribution in [0.3, 0.4) is 0 Å². The molecule has 4 aromatic rings. The summed E-state index contributed by atoms with van der Waals surface area (Å²) in [5.41, 5.74) is 0.705. The summed E-state index contributed by atoms with van der Waals surface area (Å²) < 4.78 is 35.3. The number of aliphatic hydroxyl groups excluding tert-OH is 1. The minimum Gasteiger partial charge on any atom is -0.485 e. The first-order valence-electron chi connectivity index (χ1n) is 11.9. The Morgan fingerprint density at radius 3 is 2.61 bits per heavy atom. The van der Waals surface area contributed by atoms with E-state index in [1.807, 2.05) is 0 Å². The monoisotopic (exact) mass is 540 g/mol. The van der Waals surface area contributed by atoms with Crippen LogP contribution in [0.15, 0.2) is 58.5 Å². The molecule has 38 heavy (non-hydrogen) atoms. The van der Waals surface area contributed by atoms with E-state index in [4.69, 9.17) is 16.3 Å². The van der Waals surface area contributed by atoms with Gasteiger partial charge in [0.2, 0.25) is 0 Å². The second-order valence-corrected chi connectivity index (χ2v) is 9.60. The van der Waals surface area contributed by atoms with Gasteiger partial charge in [-0.05, 0) is 50.3 Å². The largest absolute Gasteiger partial charge is 0.485 e. The van der Waals surface area contributed by atoms with Crippen molar-refractivity contribution in [2.75, 3.05) is 0 Å². The van der Waals surface area contributed by atoms with Crippen molar-refractivity contribution >= 4 is 11.6 Å². The first kappa shape index (κ1) is 25.7. The number of hydrogen-bond acceptors (Lipinski definition) is 6. The Labute approximate surface area is 220 Å². The van der Waals surface area contributed by atoms with Gasteiger partial charge in [0.05, 0.1) is 18.0 Å². The summed E-state index contributed by atoms with van der Waals surface area (Å²) in [6, 6.07) is 7.07. The van der Waals surface area contributed by atoms with Crippen LogP contribution < -0.4 is 15.9 Å². The van der Waals surface area contributed by atoms with E-state index >= 15 is 0 Å². The molecule has 1 atom stereocenters. The highest BCUT2D eigenvalue weighted by molar-refractivity contribution is 6.31. The Bertz CT molecular complexity index is 1670. The summed E-state index contributed by atoms with van der Waals surface area (Å²) in [5, 5.41) is 10.3. The summed E-state index contributed by atoms with van der Waals surface area (Å²) in [7, 11) is 0. The fourth-order valence-corrected chi connectivity index (χ4v) is 4.43. The lowest BCUT2D eigenvalue weighted by molar-refractivity contribution is 0.152. The van der Waals surface area contributed by atoms with Gasteiger partial charge in [-0.15, -0.1) is 0 Å². The first-order valence-corrected chi connectivity index (χ1v) is 12.3. The third kappa shape index (κ3) is 4.84. The first-order chi connectivity index (χ1) is 18.2. The number of hydrogen-bond donors (Lipinski definition) is 1. The van der Waals surface area contributed by atoms with Crippen LogP contribution in [-0.2, 0) is 6.61 Å². The molecule has 0 aliphatic heterocycles. The van der Waals surface area contributed by atoms with Gasteiger partial charge in [-0.1, -0.05) is 11.6 Å². The zero-order valence-electron chi connectivity index (χ0n) is 20.5. The molecule has 8 nitrogen and oxygen atoms in total. The lowest BCUT2D eigenvalue weighted by atomic mass is 10.1. The minimum atomic E-state index is -0.880. The van der Waals surface area contributed by atoms with Crippen LogP contribution in [0.2, 0.25) is 5.02 Å². The molecule has 1 aliphatic carbocycles. The highest BCUT2D eigenvalue weighted by atomic mass is 35.5. The Hall–Kier alpha value is -3.89. The molecule has 0 radical (unpaired) electrons. The van der Waals surface area contributed by atoms with Gasteiger partial charge in [-0.3, -0.25) is 23.7 Å². The van der Waals surface area contributed by atoms with Gasteiger partial charge < -0.3 is 9.84 Å². The number of ether oxygens (including phenoxy) is 1. The van der Waals surface area contributed by atoms with Gasteiger partial charge in [0.15, 0.2) is 5.82 Å². The summed E-state index contributed by atoms with van der Waals surface area (Å²) >= 11 is 6.35. The molecule has 1 N–H and O–H groups in total. The molecule has 0 bridgehead atoms. The molecular formula is C27H23ClF2N4O4. The molecule has 196 valence electrons. The predicted octanol–water partition coefficient (Wildman–Crippen LogP) is 4.35. The van der Waals surface area contributed by atoms with E-state index in [0.717, 1.165) is 19.0 Å². The van der Waals surface area contributed by atoms with E-state index in [1.165, 1.54) is 21.4 Å². The van der Waals surface area contributed by atoms with E-state index in [0.29, 0.717) is 28.6 Å². The SMILES string of the molecule is Cc1cnc(-n2cccc([C@@H](O)C3CC3)c2=O)cc1-n1c(C)cc(OCc2ncc(F)cc2F)c(Cl)c1=O. The number of halogens is 3. The Kier molecular flexibility index (Phi) is 6.85. The zero-order valence-corrected chi connectivity index (χ0v) is 21.2. The predicted molar refractivity (Wildman–Crippen MR) is 136 cm³/mol. The quantitative estimate of drug-likeness (QED) is 0.374. The summed E-state index contributed by atoms with van der Waals surface area (Å²) in [6.45, 7) is 3.06. The summed E-state index contributed by atoms with van der Waals surface area (Å²) in [6.07, 6.45) is 4.86. The van der Waals surface area contributed by atoms with Crippen molar-refractivity contribution in [1.29, 1.82) is 0 Å². The van der Waals surface area contributed by atoms with Crippen LogP contribution in [0.25, 0.3) is 11.5 Å². The van der Waals surface area contributed by atoms with E-state index in [1.54, 1.807) is 38.2 Å². The van der Waals surface area contributed by atoms with Crippen molar-refractivity contribution in [1.82, 2.24) is 19.1 Å². The molecular weight excluding hydrogens is 518 g/mol. The van der Waals surface area contributed by atoms with Gasteiger partial charge in [-0.2, -0.15) is 0 Å². The maximum absolute atomic E-state index is 13.9. The molecule has 0 amide bonds. The zero-order chi connectivity index (χ0) is 27.1. The average molecular weight is 541 g/mol. The van der Waals surface area contributed by atoms with Gasteiger partial charge in [0.25, 0.3) is 11.1 Å². The molecule has 11 heteroatoms. The molecule has 0 unspecified atom stereocenters. The van der Waals surface area contributed by atoms with Crippen LogP contribution in [-0.4, -0.2) is 24.2 Å². The highest BCUT2D eigenvalue weighted by Crippen LogP contribution is 2.39. The fourth-order valence-electron chi connectivity index (χ4n) is 4.24. The van der Waals surface area contributed by atoms with Gasteiger partial charge in [0.1, 0.15) is 34.7 Å². The smallest absolute Gasteiger partial charge is 0.277 e. The van der Waals surface area contributed by atoms with Gasteiger partial charge >= 0.3 is 0 Å². The number of aromatic nitrogens is 4. The molecule has 0 spiro atoms. The topological polar surface area (TPSA) is 99.2 Å².